The Labute approximate surface area is 124 Å². The van der Waals surface area contributed by atoms with Gasteiger partial charge in [-0.15, -0.1) is 0 Å². The number of hydrogen-bond acceptors (Lipinski definition) is 3. The average molecular weight is 299 g/mol. The smallest absolute Gasteiger partial charge is 0.125 e. The topological polar surface area (TPSA) is 24.5 Å². The fourth-order valence-corrected chi connectivity index (χ4v) is 3.32. The Balaban J connectivity index is 1.93. The molecule has 1 aliphatic carbocycles. The van der Waals surface area contributed by atoms with Crippen LogP contribution in [0.3, 0.4) is 0 Å². The first-order valence-electron chi connectivity index (χ1n) is 7.17. The Kier molecular flexibility index (Phi) is 4.26. The van der Waals surface area contributed by atoms with Gasteiger partial charge in [-0.3, -0.25) is 4.90 Å². The van der Waals surface area contributed by atoms with Gasteiger partial charge in [0, 0.05) is 24.2 Å². The maximum absolute atomic E-state index is 13.7. The second kappa shape index (κ2) is 5.98. The lowest BCUT2D eigenvalue weighted by molar-refractivity contribution is -0.0740. The van der Waals surface area contributed by atoms with Gasteiger partial charge >= 0.3 is 0 Å². The molecule has 1 heterocycles. The number of nitrogens with zero attached hydrogens (tertiary/aromatic N) is 1. The second-order valence-corrected chi connectivity index (χ2v) is 6.02. The maximum atomic E-state index is 13.7. The van der Waals surface area contributed by atoms with Gasteiger partial charge in [0.2, 0.25) is 0 Å². The molecule has 1 aromatic rings. The van der Waals surface area contributed by atoms with E-state index in [1.54, 1.807) is 6.07 Å². The largest absolute Gasteiger partial charge is 0.374 e. The van der Waals surface area contributed by atoms with E-state index in [0.717, 1.165) is 25.3 Å². The highest BCUT2D eigenvalue weighted by atomic mass is 35.5. The Morgan fingerprint density at radius 2 is 2.20 bits per heavy atom. The van der Waals surface area contributed by atoms with Crippen molar-refractivity contribution in [1.29, 1.82) is 0 Å². The third-order valence-corrected chi connectivity index (χ3v) is 4.26. The molecule has 0 radical (unpaired) electrons. The summed E-state index contributed by atoms with van der Waals surface area (Å²) in [6.45, 7) is 2.40. The summed E-state index contributed by atoms with van der Waals surface area (Å²) in [5.41, 5.74) is 0.918. The van der Waals surface area contributed by atoms with Crippen LogP contribution >= 0.6 is 11.6 Å². The quantitative estimate of drug-likeness (QED) is 0.925. The number of likely N-dealkylation sites (N-methyl/N-ethyl adjacent to an activating group) is 1. The van der Waals surface area contributed by atoms with Crippen LogP contribution in [0.2, 0.25) is 5.02 Å². The maximum Gasteiger partial charge on any atom is 0.125 e. The van der Waals surface area contributed by atoms with Gasteiger partial charge in [-0.05, 0) is 43.7 Å². The summed E-state index contributed by atoms with van der Waals surface area (Å²) in [5, 5.41) is 3.62. The van der Waals surface area contributed by atoms with E-state index in [-0.39, 0.29) is 18.0 Å². The van der Waals surface area contributed by atoms with Gasteiger partial charge in [0.25, 0.3) is 0 Å². The highest BCUT2D eigenvalue weighted by molar-refractivity contribution is 6.30. The second-order valence-electron chi connectivity index (χ2n) is 5.58. The molecule has 2 atom stereocenters. The lowest BCUT2D eigenvalue weighted by atomic mass is 9.97. The van der Waals surface area contributed by atoms with Crippen molar-refractivity contribution in [2.24, 2.45) is 0 Å². The summed E-state index contributed by atoms with van der Waals surface area (Å²) in [6, 6.07) is 5.50. The molecule has 1 aliphatic heterocycles. The van der Waals surface area contributed by atoms with Crippen LogP contribution < -0.4 is 5.32 Å². The van der Waals surface area contributed by atoms with Gasteiger partial charge in [-0.2, -0.15) is 0 Å². The molecule has 0 aromatic heterocycles. The summed E-state index contributed by atoms with van der Waals surface area (Å²) in [4.78, 5) is 2.45. The molecule has 0 amide bonds. The van der Waals surface area contributed by atoms with E-state index in [4.69, 9.17) is 16.3 Å². The minimum atomic E-state index is -0.281. The molecule has 0 bridgehead atoms. The number of nitrogens with one attached hydrogen (secondary N) is 1. The van der Waals surface area contributed by atoms with Crippen molar-refractivity contribution in [3.63, 3.8) is 0 Å². The van der Waals surface area contributed by atoms with Crippen LogP contribution in [-0.2, 0) is 4.74 Å². The molecule has 2 fully saturated rings. The number of hydrogen-bond donors (Lipinski definition) is 1. The zero-order valence-corrected chi connectivity index (χ0v) is 12.4. The first-order chi connectivity index (χ1) is 9.69. The van der Waals surface area contributed by atoms with Crippen molar-refractivity contribution < 1.29 is 9.13 Å². The molecule has 3 rings (SSSR count). The molecule has 110 valence electrons. The highest BCUT2D eigenvalue weighted by Crippen LogP contribution is 2.39. The predicted octanol–water partition coefficient (Wildman–Crippen LogP) is 2.60. The zero-order chi connectivity index (χ0) is 14.1. The van der Waals surface area contributed by atoms with Gasteiger partial charge in [-0.25, -0.2) is 4.39 Å². The van der Waals surface area contributed by atoms with Crippen LogP contribution in [0.1, 0.15) is 24.4 Å². The first-order valence-corrected chi connectivity index (χ1v) is 7.55. The SMILES string of the molecule is CNCC1OCCN(C2CC2)C1c1cc(F)cc(Cl)c1. The van der Waals surface area contributed by atoms with Crippen molar-refractivity contribution in [2.45, 2.75) is 31.0 Å². The third kappa shape index (κ3) is 2.98. The Hall–Kier alpha value is -0.680. The van der Waals surface area contributed by atoms with Gasteiger partial charge < -0.3 is 10.1 Å². The van der Waals surface area contributed by atoms with E-state index >= 15 is 0 Å². The van der Waals surface area contributed by atoms with Crippen LogP contribution in [0.25, 0.3) is 0 Å². The molecule has 20 heavy (non-hydrogen) atoms. The Morgan fingerprint density at radius 1 is 1.40 bits per heavy atom. The van der Waals surface area contributed by atoms with Crippen LogP contribution in [0, 0.1) is 5.82 Å². The van der Waals surface area contributed by atoms with Crippen LogP contribution in [0.4, 0.5) is 4.39 Å². The number of halogens is 2. The number of rotatable bonds is 4. The Morgan fingerprint density at radius 3 is 2.85 bits per heavy atom. The summed E-state index contributed by atoms with van der Waals surface area (Å²) in [6.07, 6.45) is 2.49. The lowest BCUT2D eigenvalue weighted by Crippen LogP contribution is -2.49. The van der Waals surface area contributed by atoms with Crippen LogP contribution in [-0.4, -0.2) is 43.8 Å². The molecule has 1 saturated heterocycles. The molecule has 2 unspecified atom stereocenters. The molecule has 3 nitrogen and oxygen atoms in total. The van der Waals surface area contributed by atoms with E-state index in [2.05, 4.69) is 10.2 Å². The van der Waals surface area contributed by atoms with Crippen molar-refractivity contribution in [2.75, 3.05) is 26.7 Å². The number of ether oxygens (including phenoxy) is 1. The summed E-state index contributed by atoms with van der Waals surface area (Å²) in [5.74, 6) is -0.281. The van der Waals surface area contributed by atoms with Crippen molar-refractivity contribution in [3.8, 4) is 0 Å². The van der Waals surface area contributed by atoms with Gasteiger partial charge in [0.1, 0.15) is 5.82 Å². The standard InChI is InChI=1S/C15H20ClFN2O/c1-18-9-14-15(10-6-11(16)8-12(17)7-10)19(4-5-20-14)13-2-3-13/h6-8,13-15,18H,2-5,9H2,1H3. The molecular formula is C15H20ClFN2O. The van der Waals surface area contributed by atoms with E-state index in [1.165, 1.54) is 18.9 Å². The monoisotopic (exact) mass is 298 g/mol. The molecule has 1 aromatic carbocycles. The fourth-order valence-electron chi connectivity index (χ4n) is 3.09. The summed E-state index contributed by atoms with van der Waals surface area (Å²) < 4.78 is 19.6. The number of morpholine rings is 1. The minimum absolute atomic E-state index is 0.0345. The Bertz CT molecular complexity index is 459. The summed E-state index contributed by atoms with van der Waals surface area (Å²) in [7, 11) is 1.91. The van der Waals surface area contributed by atoms with Crippen LogP contribution in [0.5, 0.6) is 0 Å². The van der Waals surface area contributed by atoms with E-state index < -0.39 is 0 Å². The van der Waals surface area contributed by atoms with E-state index in [1.807, 2.05) is 13.1 Å². The highest BCUT2D eigenvalue weighted by Gasteiger charge is 2.41. The first kappa shape index (κ1) is 14.3. The summed E-state index contributed by atoms with van der Waals surface area (Å²) >= 11 is 6.02. The predicted molar refractivity (Wildman–Crippen MR) is 77.5 cm³/mol. The molecule has 2 aliphatic rings. The molecule has 0 spiro atoms. The van der Waals surface area contributed by atoms with E-state index in [0.29, 0.717) is 11.1 Å². The van der Waals surface area contributed by atoms with Gasteiger partial charge in [0.15, 0.2) is 0 Å². The van der Waals surface area contributed by atoms with Gasteiger partial charge in [-0.1, -0.05) is 11.6 Å². The van der Waals surface area contributed by atoms with Crippen molar-refractivity contribution in [1.82, 2.24) is 10.2 Å². The number of benzene rings is 1. The third-order valence-electron chi connectivity index (χ3n) is 4.04. The minimum Gasteiger partial charge on any atom is -0.374 e. The van der Waals surface area contributed by atoms with Gasteiger partial charge in [0.05, 0.1) is 18.8 Å². The van der Waals surface area contributed by atoms with E-state index in [9.17, 15) is 4.39 Å². The van der Waals surface area contributed by atoms with Crippen LogP contribution in [0.15, 0.2) is 18.2 Å². The fraction of sp³-hybridized carbons (Fsp3) is 0.600. The average Bonchev–Trinajstić information content (AvgIpc) is 3.22. The molecule has 1 saturated carbocycles. The normalized spacial score (nSPS) is 27.8. The molecule has 5 heteroatoms. The van der Waals surface area contributed by atoms with Crippen molar-refractivity contribution >= 4 is 11.6 Å². The van der Waals surface area contributed by atoms with Crippen molar-refractivity contribution in [3.05, 3.63) is 34.6 Å². The molecular weight excluding hydrogens is 279 g/mol. The molecule has 1 N–H and O–H groups in total. The zero-order valence-electron chi connectivity index (χ0n) is 11.6. The lowest BCUT2D eigenvalue weighted by Gasteiger charge is -2.42.